The summed E-state index contributed by atoms with van der Waals surface area (Å²) in [5.74, 6) is -0.854. The summed E-state index contributed by atoms with van der Waals surface area (Å²) in [6.45, 7) is 3.60. The van der Waals surface area contributed by atoms with Crippen molar-refractivity contribution in [3.63, 3.8) is 0 Å². The standard InChI is InChI=1S/C15H18N2O4S/c1-9-4-3-5-11(10(9)2)14(15(20)21)16-12(18)6-17-8-22-7-13(17)19/h3-5,14H,6-8H2,1-2H3,(H,16,18)(H,20,21). The van der Waals surface area contributed by atoms with Crippen molar-refractivity contribution < 1.29 is 19.5 Å². The minimum absolute atomic E-state index is 0.0984. The third-order valence-electron chi connectivity index (χ3n) is 3.67. The Hall–Kier alpha value is -2.02. The molecule has 1 unspecified atom stereocenters. The molecule has 0 saturated carbocycles. The van der Waals surface area contributed by atoms with E-state index in [1.165, 1.54) is 16.7 Å². The first kappa shape index (κ1) is 16.4. The Balaban J connectivity index is 2.12. The molecule has 0 bridgehead atoms. The number of amides is 2. The van der Waals surface area contributed by atoms with Crippen LogP contribution < -0.4 is 5.32 Å². The van der Waals surface area contributed by atoms with Crippen molar-refractivity contribution >= 4 is 29.5 Å². The molecule has 6 nitrogen and oxygen atoms in total. The molecular weight excluding hydrogens is 304 g/mol. The Morgan fingerprint density at radius 3 is 2.73 bits per heavy atom. The molecule has 2 amide bonds. The lowest BCUT2D eigenvalue weighted by Gasteiger charge is -2.20. The Labute approximate surface area is 132 Å². The lowest BCUT2D eigenvalue weighted by Crippen LogP contribution is -2.42. The highest BCUT2D eigenvalue weighted by Crippen LogP contribution is 2.21. The summed E-state index contributed by atoms with van der Waals surface area (Å²) in [5, 5.41) is 11.9. The van der Waals surface area contributed by atoms with E-state index < -0.39 is 17.9 Å². The smallest absolute Gasteiger partial charge is 0.330 e. The van der Waals surface area contributed by atoms with Crippen LogP contribution in [0, 0.1) is 13.8 Å². The molecule has 0 aliphatic carbocycles. The molecule has 0 spiro atoms. The van der Waals surface area contributed by atoms with Crippen molar-refractivity contribution in [1.82, 2.24) is 10.2 Å². The highest BCUT2D eigenvalue weighted by atomic mass is 32.2. The van der Waals surface area contributed by atoms with Crippen molar-refractivity contribution in [3.05, 3.63) is 34.9 Å². The van der Waals surface area contributed by atoms with E-state index >= 15 is 0 Å². The van der Waals surface area contributed by atoms with Crippen molar-refractivity contribution in [3.8, 4) is 0 Å². The molecule has 22 heavy (non-hydrogen) atoms. The van der Waals surface area contributed by atoms with Crippen molar-refractivity contribution in [2.75, 3.05) is 18.2 Å². The van der Waals surface area contributed by atoms with Crippen molar-refractivity contribution in [1.29, 1.82) is 0 Å². The van der Waals surface area contributed by atoms with E-state index in [4.69, 9.17) is 0 Å². The average Bonchev–Trinajstić information content (AvgIpc) is 2.85. The van der Waals surface area contributed by atoms with Crippen LogP contribution in [0.3, 0.4) is 0 Å². The van der Waals surface area contributed by atoms with Gasteiger partial charge >= 0.3 is 5.97 Å². The number of nitrogens with one attached hydrogen (secondary N) is 1. The predicted molar refractivity (Wildman–Crippen MR) is 83.5 cm³/mol. The molecule has 1 aromatic rings. The summed E-state index contributed by atoms with van der Waals surface area (Å²) in [5.41, 5.74) is 2.36. The molecular formula is C15H18N2O4S. The lowest BCUT2D eigenvalue weighted by atomic mass is 9.97. The highest BCUT2D eigenvalue weighted by Gasteiger charge is 2.27. The van der Waals surface area contributed by atoms with E-state index in [1.807, 2.05) is 19.9 Å². The van der Waals surface area contributed by atoms with E-state index in [-0.39, 0.29) is 12.5 Å². The number of aliphatic carboxylic acids is 1. The molecule has 1 aromatic carbocycles. The van der Waals surface area contributed by atoms with Gasteiger partial charge in [-0.3, -0.25) is 9.59 Å². The van der Waals surface area contributed by atoms with E-state index in [0.717, 1.165) is 11.1 Å². The quantitative estimate of drug-likeness (QED) is 0.847. The van der Waals surface area contributed by atoms with Gasteiger partial charge < -0.3 is 15.3 Å². The molecule has 7 heteroatoms. The second-order valence-corrected chi connectivity index (χ2v) is 6.15. The number of aryl methyl sites for hydroxylation is 1. The number of hydrogen-bond acceptors (Lipinski definition) is 4. The molecule has 2 rings (SSSR count). The number of carbonyl (C=O) groups is 3. The maximum atomic E-state index is 12.1. The van der Waals surface area contributed by atoms with Gasteiger partial charge in [-0.25, -0.2) is 4.79 Å². The summed E-state index contributed by atoms with van der Waals surface area (Å²) in [6.07, 6.45) is 0. The zero-order chi connectivity index (χ0) is 16.3. The largest absolute Gasteiger partial charge is 0.479 e. The van der Waals surface area contributed by atoms with Gasteiger partial charge in [0.15, 0.2) is 6.04 Å². The molecule has 0 aromatic heterocycles. The summed E-state index contributed by atoms with van der Waals surface area (Å²) in [6, 6.07) is 4.23. The molecule has 2 N–H and O–H groups in total. The average molecular weight is 322 g/mol. The number of carboxylic acid groups (broad SMARTS) is 1. The highest BCUT2D eigenvalue weighted by molar-refractivity contribution is 8.00. The summed E-state index contributed by atoms with van der Waals surface area (Å²) < 4.78 is 0. The number of nitrogens with zero attached hydrogens (tertiary/aromatic N) is 1. The predicted octanol–water partition coefficient (Wildman–Crippen LogP) is 1.08. The summed E-state index contributed by atoms with van der Waals surface area (Å²) in [7, 11) is 0. The van der Waals surface area contributed by atoms with E-state index in [1.54, 1.807) is 12.1 Å². The minimum Gasteiger partial charge on any atom is -0.479 e. The van der Waals surface area contributed by atoms with E-state index in [0.29, 0.717) is 17.2 Å². The first-order valence-corrected chi connectivity index (χ1v) is 7.99. The first-order valence-electron chi connectivity index (χ1n) is 6.84. The zero-order valence-electron chi connectivity index (χ0n) is 12.5. The summed E-state index contributed by atoms with van der Waals surface area (Å²) in [4.78, 5) is 36.5. The van der Waals surface area contributed by atoms with Gasteiger partial charge in [0.2, 0.25) is 11.8 Å². The third kappa shape index (κ3) is 3.59. The van der Waals surface area contributed by atoms with Gasteiger partial charge in [-0.15, -0.1) is 11.8 Å². The Kier molecular flexibility index (Phi) is 5.07. The van der Waals surface area contributed by atoms with Crippen LogP contribution in [-0.4, -0.2) is 46.0 Å². The first-order chi connectivity index (χ1) is 10.4. The fraction of sp³-hybridized carbons (Fsp3) is 0.400. The molecule has 1 aliphatic rings. The van der Waals surface area contributed by atoms with Crippen LogP contribution in [-0.2, 0) is 14.4 Å². The van der Waals surface area contributed by atoms with Gasteiger partial charge in [0, 0.05) is 0 Å². The molecule has 1 saturated heterocycles. The van der Waals surface area contributed by atoms with Gasteiger partial charge in [0.25, 0.3) is 0 Å². The number of rotatable bonds is 5. The second kappa shape index (κ2) is 6.83. The van der Waals surface area contributed by atoms with Gasteiger partial charge in [-0.1, -0.05) is 18.2 Å². The van der Waals surface area contributed by atoms with Gasteiger partial charge in [0.1, 0.15) is 6.54 Å². The molecule has 0 radical (unpaired) electrons. The van der Waals surface area contributed by atoms with Crippen molar-refractivity contribution in [2.24, 2.45) is 0 Å². The topological polar surface area (TPSA) is 86.7 Å². The monoisotopic (exact) mass is 322 g/mol. The molecule has 1 aliphatic heterocycles. The Morgan fingerprint density at radius 1 is 1.41 bits per heavy atom. The number of carbonyl (C=O) groups excluding carboxylic acids is 2. The van der Waals surface area contributed by atoms with Crippen LogP contribution in [0.4, 0.5) is 0 Å². The Morgan fingerprint density at radius 2 is 2.14 bits per heavy atom. The van der Waals surface area contributed by atoms with Crippen LogP contribution in [0.2, 0.25) is 0 Å². The number of thioether (sulfide) groups is 1. The van der Waals surface area contributed by atoms with Gasteiger partial charge in [-0.2, -0.15) is 0 Å². The fourth-order valence-corrected chi connectivity index (χ4v) is 3.18. The molecule has 1 atom stereocenters. The maximum absolute atomic E-state index is 12.1. The number of carboxylic acids is 1. The van der Waals surface area contributed by atoms with Crippen LogP contribution in [0.15, 0.2) is 18.2 Å². The SMILES string of the molecule is Cc1cccc(C(NC(=O)CN2CSCC2=O)C(=O)O)c1C. The van der Waals surface area contributed by atoms with Gasteiger partial charge in [0.05, 0.1) is 11.6 Å². The minimum atomic E-state index is -1.12. The molecule has 1 heterocycles. The Bertz CT molecular complexity index is 618. The van der Waals surface area contributed by atoms with Crippen LogP contribution >= 0.6 is 11.8 Å². The zero-order valence-corrected chi connectivity index (χ0v) is 13.3. The van der Waals surface area contributed by atoms with Crippen LogP contribution in [0.25, 0.3) is 0 Å². The fourth-order valence-electron chi connectivity index (χ4n) is 2.28. The van der Waals surface area contributed by atoms with Crippen LogP contribution in [0.5, 0.6) is 0 Å². The third-order valence-corrected chi connectivity index (χ3v) is 4.61. The lowest BCUT2D eigenvalue weighted by molar-refractivity contribution is -0.142. The number of hydrogen-bond donors (Lipinski definition) is 2. The normalized spacial score (nSPS) is 15.7. The summed E-state index contributed by atoms with van der Waals surface area (Å²) >= 11 is 1.44. The van der Waals surface area contributed by atoms with E-state index in [9.17, 15) is 19.5 Å². The van der Waals surface area contributed by atoms with Gasteiger partial charge in [-0.05, 0) is 30.5 Å². The molecule has 1 fully saturated rings. The molecule has 118 valence electrons. The number of benzene rings is 1. The van der Waals surface area contributed by atoms with Crippen LogP contribution in [0.1, 0.15) is 22.7 Å². The maximum Gasteiger partial charge on any atom is 0.330 e. The second-order valence-electron chi connectivity index (χ2n) is 5.20. The van der Waals surface area contributed by atoms with E-state index in [2.05, 4.69) is 5.32 Å². The van der Waals surface area contributed by atoms with Crippen molar-refractivity contribution in [2.45, 2.75) is 19.9 Å².